The number of hydrogen-bond donors (Lipinski definition) is 2. The predicted octanol–water partition coefficient (Wildman–Crippen LogP) is 0.696. The molecule has 1 aliphatic rings. The van der Waals surface area contributed by atoms with Gasteiger partial charge in [-0.05, 0) is 19.3 Å². The number of piperazine rings is 1. The Kier molecular flexibility index (Phi) is 4.93. The molecule has 0 aromatic carbocycles. The smallest absolute Gasteiger partial charge is 0.305 e. The average Bonchev–Trinajstić information content (AvgIpc) is 2.19. The lowest BCUT2D eigenvalue weighted by atomic mass is 9.99. The second kappa shape index (κ2) is 6.00. The molecule has 5 nitrogen and oxygen atoms in total. The van der Waals surface area contributed by atoms with E-state index < -0.39 is 12.0 Å². The Morgan fingerprint density at radius 1 is 1.53 bits per heavy atom. The largest absolute Gasteiger partial charge is 0.481 e. The van der Waals surface area contributed by atoms with Crippen molar-refractivity contribution in [3.05, 3.63) is 0 Å². The normalized spacial score (nSPS) is 23.5. The van der Waals surface area contributed by atoms with Crippen LogP contribution in [-0.4, -0.2) is 47.1 Å². The van der Waals surface area contributed by atoms with Crippen LogP contribution in [0.15, 0.2) is 0 Å². The van der Waals surface area contributed by atoms with Gasteiger partial charge in [0.05, 0.1) is 12.5 Å². The maximum atomic E-state index is 11.7. The standard InChI is InChI=1S/C12H22N2O3/c1-8(2)6-9(3)14-5-4-13-12(17)10(14)7-11(15)16/h8-10H,4-7H2,1-3H3,(H,13,17)(H,15,16). The summed E-state index contributed by atoms with van der Waals surface area (Å²) >= 11 is 0. The number of carboxylic acids is 1. The van der Waals surface area contributed by atoms with Crippen LogP contribution < -0.4 is 5.32 Å². The predicted molar refractivity (Wildman–Crippen MR) is 64.7 cm³/mol. The molecule has 1 aliphatic heterocycles. The SMILES string of the molecule is CC(C)CC(C)N1CCNC(=O)C1CC(=O)O. The summed E-state index contributed by atoms with van der Waals surface area (Å²) in [7, 11) is 0. The Morgan fingerprint density at radius 3 is 2.71 bits per heavy atom. The molecule has 0 saturated carbocycles. The van der Waals surface area contributed by atoms with Gasteiger partial charge in [-0.25, -0.2) is 0 Å². The number of nitrogens with zero attached hydrogens (tertiary/aromatic N) is 1. The molecular formula is C12H22N2O3. The number of nitrogens with one attached hydrogen (secondary N) is 1. The number of hydrogen-bond acceptors (Lipinski definition) is 3. The van der Waals surface area contributed by atoms with Crippen molar-refractivity contribution in [1.82, 2.24) is 10.2 Å². The van der Waals surface area contributed by atoms with E-state index in [0.29, 0.717) is 12.5 Å². The van der Waals surface area contributed by atoms with Crippen molar-refractivity contribution >= 4 is 11.9 Å². The Hall–Kier alpha value is -1.10. The van der Waals surface area contributed by atoms with Gasteiger partial charge in [-0.3, -0.25) is 14.5 Å². The van der Waals surface area contributed by atoms with E-state index in [0.717, 1.165) is 13.0 Å². The summed E-state index contributed by atoms with van der Waals surface area (Å²) in [6.45, 7) is 7.67. The number of rotatable bonds is 5. The summed E-state index contributed by atoms with van der Waals surface area (Å²) in [6.07, 6.45) is 0.859. The fourth-order valence-electron chi connectivity index (χ4n) is 2.45. The average molecular weight is 242 g/mol. The van der Waals surface area contributed by atoms with Crippen LogP contribution in [0, 0.1) is 5.92 Å². The minimum Gasteiger partial charge on any atom is -0.481 e. The van der Waals surface area contributed by atoms with Crippen molar-refractivity contribution in [2.75, 3.05) is 13.1 Å². The Labute approximate surface area is 102 Å². The highest BCUT2D eigenvalue weighted by atomic mass is 16.4. The number of carbonyl (C=O) groups is 2. The van der Waals surface area contributed by atoms with Crippen molar-refractivity contribution in [2.45, 2.75) is 45.7 Å². The Balaban J connectivity index is 2.71. The molecule has 0 aliphatic carbocycles. The van der Waals surface area contributed by atoms with E-state index in [1.54, 1.807) is 0 Å². The van der Waals surface area contributed by atoms with Crippen molar-refractivity contribution in [3.63, 3.8) is 0 Å². The summed E-state index contributed by atoms with van der Waals surface area (Å²) in [6, 6.07) is -0.277. The van der Waals surface area contributed by atoms with Gasteiger partial charge in [0.25, 0.3) is 0 Å². The van der Waals surface area contributed by atoms with Crippen LogP contribution in [0.4, 0.5) is 0 Å². The molecule has 0 spiro atoms. The van der Waals surface area contributed by atoms with Crippen LogP contribution in [0.3, 0.4) is 0 Å². The van der Waals surface area contributed by atoms with E-state index in [4.69, 9.17) is 5.11 Å². The lowest BCUT2D eigenvalue weighted by Crippen LogP contribution is -2.58. The monoisotopic (exact) mass is 242 g/mol. The maximum Gasteiger partial charge on any atom is 0.305 e. The summed E-state index contributed by atoms with van der Waals surface area (Å²) in [5, 5.41) is 11.6. The van der Waals surface area contributed by atoms with E-state index in [1.807, 2.05) is 4.90 Å². The van der Waals surface area contributed by atoms with E-state index in [2.05, 4.69) is 26.1 Å². The first kappa shape index (κ1) is 14.0. The van der Waals surface area contributed by atoms with Gasteiger partial charge in [0.15, 0.2) is 0 Å². The molecule has 1 saturated heterocycles. The van der Waals surface area contributed by atoms with Crippen LogP contribution >= 0.6 is 0 Å². The molecule has 0 bridgehead atoms. The summed E-state index contributed by atoms with van der Waals surface area (Å²) in [4.78, 5) is 24.5. The number of carbonyl (C=O) groups excluding carboxylic acids is 1. The van der Waals surface area contributed by atoms with Gasteiger partial charge >= 0.3 is 5.97 Å². The lowest BCUT2D eigenvalue weighted by molar-refractivity contribution is -0.144. The minimum absolute atomic E-state index is 0.117. The molecule has 98 valence electrons. The van der Waals surface area contributed by atoms with Crippen LogP contribution in [0.2, 0.25) is 0 Å². The van der Waals surface area contributed by atoms with E-state index in [1.165, 1.54) is 0 Å². The molecule has 0 aromatic rings. The van der Waals surface area contributed by atoms with Crippen molar-refractivity contribution < 1.29 is 14.7 Å². The number of carboxylic acid groups (broad SMARTS) is 1. The molecule has 1 fully saturated rings. The fourth-order valence-corrected chi connectivity index (χ4v) is 2.45. The molecular weight excluding hydrogens is 220 g/mol. The molecule has 5 heteroatoms. The topological polar surface area (TPSA) is 69.6 Å². The van der Waals surface area contributed by atoms with Crippen molar-refractivity contribution in [2.24, 2.45) is 5.92 Å². The summed E-state index contributed by atoms with van der Waals surface area (Å²) < 4.78 is 0. The van der Waals surface area contributed by atoms with Crippen LogP contribution in [0.1, 0.15) is 33.6 Å². The third-order valence-electron chi connectivity index (χ3n) is 3.12. The first-order valence-electron chi connectivity index (χ1n) is 6.17. The molecule has 0 aromatic heterocycles. The lowest BCUT2D eigenvalue weighted by Gasteiger charge is -2.39. The summed E-state index contributed by atoms with van der Waals surface area (Å²) in [5.41, 5.74) is 0. The zero-order chi connectivity index (χ0) is 13.0. The van der Waals surface area contributed by atoms with Gasteiger partial charge in [0, 0.05) is 19.1 Å². The van der Waals surface area contributed by atoms with E-state index in [9.17, 15) is 9.59 Å². The van der Waals surface area contributed by atoms with Gasteiger partial charge in [0.1, 0.15) is 0 Å². The molecule has 1 amide bonds. The van der Waals surface area contributed by atoms with Gasteiger partial charge in [-0.1, -0.05) is 13.8 Å². The molecule has 17 heavy (non-hydrogen) atoms. The molecule has 2 atom stereocenters. The number of aliphatic carboxylic acids is 1. The van der Waals surface area contributed by atoms with Gasteiger partial charge in [-0.15, -0.1) is 0 Å². The minimum atomic E-state index is -0.922. The zero-order valence-electron chi connectivity index (χ0n) is 10.8. The fraction of sp³-hybridized carbons (Fsp3) is 0.833. The summed E-state index contributed by atoms with van der Waals surface area (Å²) in [5.74, 6) is -0.538. The molecule has 1 rings (SSSR count). The van der Waals surface area contributed by atoms with Gasteiger partial charge in [-0.2, -0.15) is 0 Å². The first-order chi connectivity index (χ1) is 7.91. The third kappa shape index (κ3) is 4.00. The van der Waals surface area contributed by atoms with E-state index in [-0.39, 0.29) is 18.4 Å². The second-order valence-electron chi connectivity index (χ2n) is 5.12. The first-order valence-corrected chi connectivity index (χ1v) is 6.17. The maximum absolute atomic E-state index is 11.7. The highest BCUT2D eigenvalue weighted by Gasteiger charge is 2.34. The Morgan fingerprint density at radius 2 is 2.18 bits per heavy atom. The highest BCUT2D eigenvalue weighted by molar-refractivity contribution is 5.86. The third-order valence-corrected chi connectivity index (χ3v) is 3.12. The molecule has 1 heterocycles. The van der Waals surface area contributed by atoms with Crippen LogP contribution in [-0.2, 0) is 9.59 Å². The van der Waals surface area contributed by atoms with Crippen LogP contribution in [0.25, 0.3) is 0 Å². The quantitative estimate of drug-likeness (QED) is 0.744. The van der Waals surface area contributed by atoms with E-state index >= 15 is 0 Å². The van der Waals surface area contributed by atoms with Crippen molar-refractivity contribution in [3.8, 4) is 0 Å². The molecule has 2 unspecified atom stereocenters. The Bertz CT molecular complexity index is 291. The molecule has 0 radical (unpaired) electrons. The number of amides is 1. The van der Waals surface area contributed by atoms with Gasteiger partial charge in [0.2, 0.25) is 5.91 Å². The molecule has 2 N–H and O–H groups in total. The zero-order valence-corrected chi connectivity index (χ0v) is 10.8. The second-order valence-corrected chi connectivity index (χ2v) is 5.12. The van der Waals surface area contributed by atoms with Crippen molar-refractivity contribution in [1.29, 1.82) is 0 Å². The highest BCUT2D eigenvalue weighted by Crippen LogP contribution is 2.18. The van der Waals surface area contributed by atoms with Gasteiger partial charge < -0.3 is 10.4 Å². The van der Waals surface area contributed by atoms with Crippen LogP contribution in [0.5, 0.6) is 0 Å².